The van der Waals surface area contributed by atoms with Crippen molar-refractivity contribution >= 4 is 11.4 Å². The number of nitrogens with zero attached hydrogens (tertiary/aromatic N) is 1. The largest absolute Gasteiger partial charge is 0.497 e. The van der Waals surface area contributed by atoms with E-state index in [1.54, 1.807) is 12.1 Å². The van der Waals surface area contributed by atoms with E-state index in [0.717, 1.165) is 0 Å². The van der Waals surface area contributed by atoms with Gasteiger partial charge in [-0.25, -0.2) is 4.99 Å². The third-order valence-corrected chi connectivity index (χ3v) is 2.43. The molecular formula is C13H16F3NO. The molecule has 1 aromatic rings. The predicted octanol–water partition coefficient (Wildman–Crippen LogP) is 4.52. The van der Waals surface area contributed by atoms with Crippen molar-refractivity contribution in [3.8, 4) is 5.75 Å². The van der Waals surface area contributed by atoms with E-state index in [2.05, 4.69) is 4.99 Å². The molecule has 0 aliphatic carbocycles. The van der Waals surface area contributed by atoms with Crippen LogP contribution in [0.3, 0.4) is 0 Å². The molecule has 0 fully saturated rings. The highest BCUT2D eigenvalue weighted by Gasteiger charge is 2.34. The van der Waals surface area contributed by atoms with Gasteiger partial charge in [0.2, 0.25) is 0 Å². The molecule has 2 nitrogen and oxygen atoms in total. The first-order chi connectivity index (χ1) is 8.47. The van der Waals surface area contributed by atoms with Crippen LogP contribution >= 0.6 is 0 Å². The van der Waals surface area contributed by atoms with E-state index in [9.17, 15) is 13.2 Å². The third kappa shape index (κ3) is 4.39. The molecule has 0 saturated heterocycles. The van der Waals surface area contributed by atoms with Crippen LogP contribution in [0.2, 0.25) is 0 Å². The Balaban J connectivity index is 2.92. The first-order valence-corrected chi connectivity index (χ1v) is 5.76. The summed E-state index contributed by atoms with van der Waals surface area (Å²) in [7, 11) is 1.50. The lowest BCUT2D eigenvalue weighted by molar-refractivity contribution is -0.0605. The molecule has 100 valence electrons. The molecule has 1 rings (SSSR count). The van der Waals surface area contributed by atoms with Crippen LogP contribution < -0.4 is 4.74 Å². The fourth-order valence-electron chi connectivity index (χ4n) is 1.42. The maximum Gasteiger partial charge on any atom is 0.429 e. The maximum absolute atomic E-state index is 12.7. The average Bonchev–Trinajstić information content (AvgIpc) is 2.34. The number of alkyl halides is 3. The molecule has 0 aliphatic rings. The fraction of sp³-hybridized carbons (Fsp3) is 0.462. The van der Waals surface area contributed by atoms with E-state index in [1.807, 2.05) is 6.92 Å². The van der Waals surface area contributed by atoms with Gasteiger partial charge < -0.3 is 4.74 Å². The molecular weight excluding hydrogens is 243 g/mol. The van der Waals surface area contributed by atoms with Gasteiger partial charge in [-0.05, 0) is 37.1 Å². The van der Waals surface area contributed by atoms with Gasteiger partial charge in [0.25, 0.3) is 0 Å². The normalized spacial score (nSPS) is 12.6. The molecule has 0 saturated carbocycles. The molecule has 0 atom stereocenters. The molecule has 0 radical (unpaired) electrons. The van der Waals surface area contributed by atoms with Gasteiger partial charge in [0.05, 0.1) is 12.8 Å². The molecule has 0 aromatic heterocycles. The quantitative estimate of drug-likeness (QED) is 0.712. The summed E-state index contributed by atoms with van der Waals surface area (Å²) in [6.07, 6.45) is -3.23. The number of hydrogen-bond donors (Lipinski definition) is 0. The van der Waals surface area contributed by atoms with Gasteiger partial charge in [-0.1, -0.05) is 13.3 Å². The second-order valence-corrected chi connectivity index (χ2v) is 3.86. The Morgan fingerprint density at radius 1 is 1.22 bits per heavy atom. The summed E-state index contributed by atoms with van der Waals surface area (Å²) >= 11 is 0. The van der Waals surface area contributed by atoms with Gasteiger partial charge in [-0.3, -0.25) is 0 Å². The lowest BCUT2D eigenvalue weighted by Crippen LogP contribution is -2.22. The van der Waals surface area contributed by atoms with Crippen molar-refractivity contribution < 1.29 is 17.9 Å². The van der Waals surface area contributed by atoms with Crippen LogP contribution in [-0.4, -0.2) is 19.0 Å². The summed E-state index contributed by atoms with van der Waals surface area (Å²) in [5.74, 6) is 0.594. The van der Waals surface area contributed by atoms with Crippen molar-refractivity contribution in [1.82, 2.24) is 0 Å². The summed E-state index contributed by atoms with van der Waals surface area (Å²) in [6.45, 7) is 1.85. The predicted molar refractivity (Wildman–Crippen MR) is 65.7 cm³/mol. The van der Waals surface area contributed by atoms with Gasteiger partial charge in [0.1, 0.15) is 11.5 Å². The summed E-state index contributed by atoms with van der Waals surface area (Å²) in [6, 6.07) is 6.20. The van der Waals surface area contributed by atoms with E-state index >= 15 is 0 Å². The highest BCUT2D eigenvalue weighted by Crippen LogP contribution is 2.25. The maximum atomic E-state index is 12.7. The van der Waals surface area contributed by atoms with E-state index in [4.69, 9.17) is 4.74 Å². The van der Waals surface area contributed by atoms with Crippen LogP contribution in [0, 0.1) is 0 Å². The SMILES string of the molecule is CCCCC(=Nc1ccc(OC)cc1)C(F)(F)F. The minimum Gasteiger partial charge on any atom is -0.497 e. The first-order valence-electron chi connectivity index (χ1n) is 5.76. The van der Waals surface area contributed by atoms with Crippen molar-refractivity contribution in [3.05, 3.63) is 24.3 Å². The zero-order valence-electron chi connectivity index (χ0n) is 10.4. The van der Waals surface area contributed by atoms with Crippen LogP contribution in [0.5, 0.6) is 5.75 Å². The van der Waals surface area contributed by atoms with Crippen LogP contribution in [0.15, 0.2) is 29.3 Å². The average molecular weight is 259 g/mol. The Morgan fingerprint density at radius 3 is 2.28 bits per heavy atom. The minimum absolute atomic E-state index is 0.0496. The van der Waals surface area contributed by atoms with E-state index in [1.165, 1.54) is 19.2 Å². The molecule has 0 bridgehead atoms. The summed E-state index contributed by atoms with van der Waals surface area (Å²) in [5, 5.41) is 0. The van der Waals surface area contributed by atoms with Gasteiger partial charge in [0, 0.05) is 0 Å². The molecule has 0 N–H and O–H groups in total. The second-order valence-electron chi connectivity index (χ2n) is 3.86. The van der Waals surface area contributed by atoms with Crippen molar-refractivity contribution in [3.63, 3.8) is 0 Å². The third-order valence-electron chi connectivity index (χ3n) is 2.43. The van der Waals surface area contributed by atoms with Crippen molar-refractivity contribution in [1.29, 1.82) is 0 Å². The van der Waals surface area contributed by atoms with Crippen molar-refractivity contribution in [2.45, 2.75) is 32.4 Å². The zero-order chi connectivity index (χ0) is 13.6. The Bertz CT molecular complexity index is 396. The second kappa shape index (κ2) is 6.42. The highest BCUT2D eigenvalue weighted by atomic mass is 19.4. The standard InChI is InChI=1S/C13H16F3NO/c1-3-4-5-12(13(14,15)16)17-10-6-8-11(18-2)9-7-10/h6-9H,3-5H2,1-2H3. The molecule has 0 unspecified atom stereocenters. The molecule has 0 spiro atoms. The first kappa shape index (κ1) is 14.5. The van der Waals surface area contributed by atoms with E-state index < -0.39 is 11.9 Å². The molecule has 18 heavy (non-hydrogen) atoms. The Hall–Kier alpha value is -1.52. The number of rotatable bonds is 5. The van der Waals surface area contributed by atoms with Crippen LogP contribution in [0.1, 0.15) is 26.2 Å². The minimum atomic E-state index is -4.37. The number of unbranched alkanes of at least 4 members (excludes halogenated alkanes) is 1. The Labute approximate surface area is 104 Å². The monoisotopic (exact) mass is 259 g/mol. The Morgan fingerprint density at radius 2 is 1.83 bits per heavy atom. The molecule has 0 aliphatic heterocycles. The van der Waals surface area contributed by atoms with E-state index in [0.29, 0.717) is 24.3 Å². The molecule has 5 heteroatoms. The molecule has 1 aromatic carbocycles. The fourth-order valence-corrected chi connectivity index (χ4v) is 1.42. The summed E-state index contributed by atoms with van der Waals surface area (Å²) < 4.78 is 43.1. The summed E-state index contributed by atoms with van der Waals surface area (Å²) in [5.41, 5.74) is -0.436. The zero-order valence-corrected chi connectivity index (χ0v) is 10.4. The lowest BCUT2D eigenvalue weighted by atomic mass is 10.1. The summed E-state index contributed by atoms with van der Waals surface area (Å²) in [4.78, 5) is 3.68. The smallest absolute Gasteiger partial charge is 0.429 e. The highest BCUT2D eigenvalue weighted by molar-refractivity contribution is 5.91. The number of aliphatic imine (C=N–C) groups is 1. The van der Waals surface area contributed by atoms with Crippen LogP contribution in [0.25, 0.3) is 0 Å². The van der Waals surface area contributed by atoms with Gasteiger partial charge in [-0.2, -0.15) is 13.2 Å². The molecule has 0 heterocycles. The van der Waals surface area contributed by atoms with Crippen LogP contribution in [-0.2, 0) is 0 Å². The number of halogens is 3. The number of ether oxygens (including phenoxy) is 1. The van der Waals surface area contributed by atoms with Crippen LogP contribution in [0.4, 0.5) is 18.9 Å². The number of hydrogen-bond acceptors (Lipinski definition) is 2. The van der Waals surface area contributed by atoms with Gasteiger partial charge in [0.15, 0.2) is 0 Å². The Kier molecular flexibility index (Phi) is 5.19. The van der Waals surface area contributed by atoms with E-state index in [-0.39, 0.29) is 6.42 Å². The van der Waals surface area contributed by atoms with Gasteiger partial charge in [-0.15, -0.1) is 0 Å². The van der Waals surface area contributed by atoms with Gasteiger partial charge >= 0.3 is 6.18 Å². The number of methoxy groups -OCH3 is 1. The van der Waals surface area contributed by atoms with Crippen molar-refractivity contribution in [2.75, 3.05) is 7.11 Å². The molecule has 0 amide bonds. The number of benzene rings is 1. The van der Waals surface area contributed by atoms with Crippen molar-refractivity contribution in [2.24, 2.45) is 4.99 Å². The topological polar surface area (TPSA) is 21.6 Å². The lowest BCUT2D eigenvalue weighted by Gasteiger charge is -2.10.